The van der Waals surface area contributed by atoms with Crippen molar-refractivity contribution in [1.29, 1.82) is 0 Å². The Kier molecular flexibility index (Phi) is 11.1. The number of carbonyl (C=O) groups excluding carboxylic acids is 4. The highest BCUT2D eigenvalue weighted by molar-refractivity contribution is 5.92. The zero-order chi connectivity index (χ0) is 37.4. The van der Waals surface area contributed by atoms with Crippen molar-refractivity contribution in [3.8, 4) is 0 Å². The van der Waals surface area contributed by atoms with Gasteiger partial charge in [0.15, 0.2) is 0 Å². The van der Waals surface area contributed by atoms with Gasteiger partial charge in [0.1, 0.15) is 18.8 Å². The van der Waals surface area contributed by atoms with Gasteiger partial charge in [-0.05, 0) is 39.5 Å². The molecule has 276 valence electrons. The van der Waals surface area contributed by atoms with Crippen molar-refractivity contribution in [1.82, 2.24) is 30.5 Å². The first-order valence-electron chi connectivity index (χ1n) is 18.3. The van der Waals surface area contributed by atoms with E-state index in [0.29, 0.717) is 19.5 Å². The summed E-state index contributed by atoms with van der Waals surface area (Å²) in [5.74, 6) is -0.383. The number of nitrogens with one attached hydrogen (secondary N) is 2. The van der Waals surface area contributed by atoms with E-state index in [4.69, 9.17) is 4.74 Å². The number of amides is 5. The van der Waals surface area contributed by atoms with Crippen LogP contribution in [0.1, 0.15) is 29.5 Å². The average Bonchev–Trinajstić information content (AvgIpc) is 3.53. The maximum Gasteiger partial charge on any atom is 0.407 e. The van der Waals surface area contributed by atoms with Gasteiger partial charge in [0.25, 0.3) is 0 Å². The van der Waals surface area contributed by atoms with Crippen molar-refractivity contribution >= 4 is 34.7 Å². The number of ether oxygens (including phenoxy) is 1. The van der Waals surface area contributed by atoms with E-state index in [1.165, 1.54) is 5.01 Å². The second-order valence-electron chi connectivity index (χ2n) is 13.7. The number of nitrogens with zero attached hydrogens (tertiary/aromatic N) is 4. The van der Waals surface area contributed by atoms with Crippen LogP contribution in [0.4, 0.5) is 9.59 Å². The fourth-order valence-corrected chi connectivity index (χ4v) is 7.38. The highest BCUT2D eigenvalue weighted by atomic mass is 16.5. The van der Waals surface area contributed by atoms with Gasteiger partial charge in [-0.25, -0.2) is 9.59 Å². The zero-order valence-electron chi connectivity index (χ0n) is 30.1. The molecule has 2 N–H and O–H groups in total. The van der Waals surface area contributed by atoms with Crippen molar-refractivity contribution in [3.05, 3.63) is 156 Å². The number of alkyl carbamates (subject to hydrolysis) is 1. The molecule has 4 aromatic rings. The Morgan fingerprint density at radius 3 is 2.37 bits per heavy atom. The molecular formula is C43H44N6O5. The van der Waals surface area contributed by atoms with Crippen molar-refractivity contribution in [2.24, 2.45) is 0 Å². The first-order chi connectivity index (χ1) is 26.4. The molecule has 2 saturated heterocycles. The summed E-state index contributed by atoms with van der Waals surface area (Å²) in [7, 11) is 0. The van der Waals surface area contributed by atoms with E-state index < -0.39 is 18.3 Å². The molecule has 2 aliphatic heterocycles. The van der Waals surface area contributed by atoms with Gasteiger partial charge >= 0.3 is 12.1 Å². The summed E-state index contributed by atoms with van der Waals surface area (Å²) in [6, 6.07) is 31.8. The van der Waals surface area contributed by atoms with Crippen LogP contribution in [0.15, 0.2) is 140 Å². The lowest BCUT2D eigenvalue weighted by Crippen LogP contribution is -2.65. The molecule has 0 spiro atoms. The van der Waals surface area contributed by atoms with Crippen LogP contribution in [0.2, 0.25) is 0 Å². The number of piperazine rings is 1. The largest absolute Gasteiger partial charge is 0.445 e. The van der Waals surface area contributed by atoms with Crippen LogP contribution in [-0.2, 0) is 34.0 Å². The summed E-state index contributed by atoms with van der Waals surface area (Å²) in [6.45, 7) is 5.05. The Morgan fingerprint density at radius 1 is 0.907 bits per heavy atom. The predicted molar refractivity (Wildman–Crippen MR) is 206 cm³/mol. The van der Waals surface area contributed by atoms with E-state index in [0.717, 1.165) is 33.0 Å². The third-order valence-electron chi connectivity index (χ3n) is 10.1. The fraction of sp³-hybridized carbons (Fsp3) is 0.256. The lowest BCUT2D eigenvalue weighted by Gasteiger charge is -2.46. The molecule has 1 unspecified atom stereocenters. The van der Waals surface area contributed by atoms with Gasteiger partial charge in [-0.3, -0.25) is 14.6 Å². The predicted octanol–water partition coefficient (Wildman–Crippen LogP) is 5.91. The maximum absolute atomic E-state index is 14.5. The Morgan fingerprint density at radius 2 is 1.63 bits per heavy atom. The van der Waals surface area contributed by atoms with Crippen LogP contribution in [-0.4, -0.2) is 81.6 Å². The van der Waals surface area contributed by atoms with E-state index in [1.54, 1.807) is 16.0 Å². The number of rotatable bonds is 12. The topological polar surface area (TPSA) is 115 Å². The molecule has 1 aliphatic carbocycles. The van der Waals surface area contributed by atoms with Crippen LogP contribution >= 0.6 is 0 Å². The summed E-state index contributed by atoms with van der Waals surface area (Å²) in [5.41, 5.74) is 3.72. The molecule has 2 fully saturated rings. The zero-order valence-corrected chi connectivity index (χ0v) is 30.1. The maximum atomic E-state index is 14.5. The molecule has 0 bridgehead atoms. The van der Waals surface area contributed by atoms with Crippen molar-refractivity contribution < 1.29 is 23.9 Å². The van der Waals surface area contributed by atoms with Gasteiger partial charge in [0.05, 0.1) is 25.7 Å². The van der Waals surface area contributed by atoms with Crippen molar-refractivity contribution in [3.63, 3.8) is 0 Å². The van der Waals surface area contributed by atoms with Crippen molar-refractivity contribution in [2.45, 2.75) is 50.8 Å². The summed E-state index contributed by atoms with van der Waals surface area (Å²) >= 11 is 0. The van der Waals surface area contributed by atoms with Crippen LogP contribution in [0, 0.1) is 0 Å². The molecule has 11 heteroatoms. The molecule has 3 atom stereocenters. The number of allylic oxidation sites excluding steroid dienone is 1. The molecule has 0 saturated carbocycles. The molecule has 0 aromatic heterocycles. The van der Waals surface area contributed by atoms with Gasteiger partial charge in [0.2, 0.25) is 11.8 Å². The minimum Gasteiger partial charge on any atom is -0.445 e. The average molecular weight is 725 g/mol. The number of hydrogen-bond donors (Lipinski definition) is 2. The normalized spacial score (nSPS) is 19.6. The number of fused-ring (bicyclic) bond motifs is 2. The number of benzene rings is 4. The van der Waals surface area contributed by atoms with E-state index in [-0.39, 0.29) is 56.5 Å². The Hall–Kier alpha value is -6.20. The molecule has 2 heterocycles. The third kappa shape index (κ3) is 8.21. The first-order valence-corrected chi connectivity index (χ1v) is 18.3. The molecule has 54 heavy (non-hydrogen) atoms. The van der Waals surface area contributed by atoms with E-state index >= 15 is 0 Å². The minimum absolute atomic E-state index is 0.0604. The lowest BCUT2D eigenvalue weighted by atomic mass is 9.94. The number of urea groups is 1. The second-order valence-corrected chi connectivity index (χ2v) is 13.7. The summed E-state index contributed by atoms with van der Waals surface area (Å²) < 4.78 is 5.40. The van der Waals surface area contributed by atoms with Crippen LogP contribution < -0.4 is 10.6 Å². The molecule has 11 nitrogen and oxygen atoms in total. The summed E-state index contributed by atoms with van der Waals surface area (Å²) in [5, 5.41) is 11.3. The number of hydrogen-bond acceptors (Lipinski definition) is 6. The monoisotopic (exact) mass is 724 g/mol. The molecule has 0 radical (unpaired) electrons. The SMILES string of the molecule is C=CCN(C(=O)NCc1ccccc1)N1CC(=O)N2[C@@H](CC3=CCC(NC(=O)OCc4ccccc4)C=C3)C(=O)N(Cc3cccc4ccccc34)C[C@@H]21. The molecule has 3 aliphatic rings. The van der Waals surface area contributed by atoms with Gasteiger partial charge in [-0.1, -0.05) is 127 Å². The molecule has 4 aromatic carbocycles. The number of hydrazine groups is 1. The van der Waals surface area contributed by atoms with Crippen molar-refractivity contribution in [2.75, 3.05) is 19.6 Å². The summed E-state index contributed by atoms with van der Waals surface area (Å²) in [4.78, 5) is 58.2. The minimum atomic E-state index is -0.801. The number of carbonyl (C=O) groups is 4. The van der Waals surface area contributed by atoms with Gasteiger partial charge in [-0.2, -0.15) is 5.01 Å². The van der Waals surface area contributed by atoms with E-state index in [1.807, 2.05) is 120 Å². The lowest BCUT2D eigenvalue weighted by molar-refractivity contribution is -0.157. The Labute approximate surface area is 315 Å². The highest BCUT2D eigenvalue weighted by Crippen LogP contribution is 2.33. The molecular weight excluding hydrogens is 681 g/mol. The molecule has 7 rings (SSSR count). The summed E-state index contributed by atoms with van der Waals surface area (Å²) in [6.07, 6.45) is 7.10. The van der Waals surface area contributed by atoms with E-state index in [9.17, 15) is 19.2 Å². The van der Waals surface area contributed by atoms with Crippen LogP contribution in [0.25, 0.3) is 10.8 Å². The van der Waals surface area contributed by atoms with E-state index in [2.05, 4.69) is 23.3 Å². The van der Waals surface area contributed by atoms with Gasteiger partial charge in [-0.15, -0.1) is 6.58 Å². The smallest absolute Gasteiger partial charge is 0.407 e. The standard InChI is InChI=1S/C43H44N6O5/c1-2-24-47(42(52)44-26-32-12-5-3-6-13-32)48-29-40(50)49-38(25-31-20-22-36(23-21-31)45-43(53)54-30-33-14-7-4-8-15-33)41(51)46(28-39(48)49)27-35-18-11-17-34-16-9-10-19-37(34)35/h2-22,36,38-39H,1,23-30H2,(H,44,52)(H,45,53)/t36?,38-,39+/m0/s1. The Bertz CT molecular complexity index is 2060. The third-order valence-corrected chi connectivity index (χ3v) is 10.1. The van der Waals surface area contributed by atoms with Crippen LogP contribution in [0.5, 0.6) is 0 Å². The molecule has 5 amide bonds. The second kappa shape index (κ2) is 16.6. The highest BCUT2D eigenvalue weighted by Gasteiger charge is 2.52. The fourth-order valence-electron chi connectivity index (χ4n) is 7.38. The van der Waals surface area contributed by atoms with Gasteiger partial charge in [0, 0.05) is 19.5 Å². The van der Waals surface area contributed by atoms with Crippen LogP contribution in [0.3, 0.4) is 0 Å². The Balaban J connectivity index is 1.10. The first kappa shape index (κ1) is 36.2. The quantitative estimate of drug-likeness (QED) is 0.176. The van der Waals surface area contributed by atoms with Gasteiger partial charge < -0.3 is 25.2 Å².